The van der Waals surface area contributed by atoms with Gasteiger partial charge in [-0.25, -0.2) is 13.1 Å². The van der Waals surface area contributed by atoms with E-state index in [1.807, 2.05) is 0 Å². The van der Waals surface area contributed by atoms with E-state index in [0.29, 0.717) is 17.4 Å². The van der Waals surface area contributed by atoms with Crippen molar-refractivity contribution in [1.29, 1.82) is 0 Å². The fraction of sp³-hybridized carbons (Fsp3) is 0.500. The molecule has 1 rings (SSSR count). The van der Waals surface area contributed by atoms with Crippen LogP contribution >= 0.6 is 22.9 Å². The number of nitrogens with one attached hydrogen (secondary N) is 1. The second-order valence-electron chi connectivity index (χ2n) is 3.36. The van der Waals surface area contributed by atoms with Crippen LogP contribution in [0.1, 0.15) is 19.8 Å². The Balaban J connectivity index is 2.37. The Kier molecular flexibility index (Phi) is 6.07. The number of esters is 1. The molecule has 102 valence electrons. The zero-order valence-electron chi connectivity index (χ0n) is 9.81. The molecule has 0 spiro atoms. The number of sulfonamides is 1. The van der Waals surface area contributed by atoms with Gasteiger partial charge in [-0.3, -0.25) is 4.79 Å². The number of ether oxygens (including phenoxy) is 1. The Morgan fingerprint density at radius 2 is 2.22 bits per heavy atom. The summed E-state index contributed by atoms with van der Waals surface area (Å²) in [7, 11) is -3.52. The predicted molar refractivity (Wildman–Crippen MR) is 70.4 cm³/mol. The molecule has 0 fully saturated rings. The molecular weight excluding hydrogens is 298 g/mol. The highest BCUT2D eigenvalue weighted by atomic mass is 35.5. The van der Waals surface area contributed by atoms with Crippen LogP contribution in [0.4, 0.5) is 0 Å². The molecule has 18 heavy (non-hydrogen) atoms. The van der Waals surface area contributed by atoms with Crippen molar-refractivity contribution in [2.45, 2.75) is 24.0 Å². The summed E-state index contributed by atoms with van der Waals surface area (Å²) in [5.74, 6) is -0.323. The van der Waals surface area contributed by atoms with E-state index in [1.165, 1.54) is 12.1 Å². The summed E-state index contributed by atoms with van der Waals surface area (Å²) in [6.07, 6.45) is 0.596. The lowest BCUT2D eigenvalue weighted by Gasteiger charge is -2.04. The van der Waals surface area contributed by atoms with E-state index >= 15 is 0 Å². The average Bonchev–Trinajstić information content (AvgIpc) is 2.72. The highest BCUT2D eigenvalue weighted by Crippen LogP contribution is 2.25. The summed E-state index contributed by atoms with van der Waals surface area (Å²) in [6.45, 7) is 2.25. The molecule has 8 heteroatoms. The van der Waals surface area contributed by atoms with Crippen LogP contribution in [0.25, 0.3) is 0 Å². The van der Waals surface area contributed by atoms with Crippen LogP contribution in [0.5, 0.6) is 0 Å². The summed E-state index contributed by atoms with van der Waals surface area (Å²) in [5.41, 5.74) is 0. The standard InChI is InChI=1S/C10H14ClNO4S2/c1-2-16-9(13)4-3-7-12-18(14,15)10-6-5-8(11)17-10/h5-6,12H,2-4,7H2,1H3. The Labute approximate surface area is 115 Å². The first-order valence-corrected chi connectivity index (χ1v) is 8.04. The number of carbonyl (C=O) groups is 1. The normalized spacial score (nSPS) is 11.4. The maximum atomic E-state index is 11.7. The number of hydrogen-bond donors (Lipinski definition) is 1. The van der Waals surface area contributed by atoms with E-state index in [4.69, 9.17) is 16.3 Å². The van der Waals surface area contributed by atoms with Crippen LogP contribution in [0.3, 0.4) is 0 Å². The van der Waals surface area contributed by atoms with Crippen LogP contribution in [0.15, 0.2) is 16.3 Å². The molecule has 1 heterocycles. The Morgan fingerprint density at radius 3 is 2.78 bits per heavy atom. The Hall–Kier alpha value is -0.630. The van der Waals surface area contributed by atoms with Crippen LogP contribution in [-0.2, 0) is 19.6 Å². The summed E-state index contributed by atoms with van der Waals surface area (Å²) >= 11 is 6.66. The second-order valence-corrected chi connectivity index (χ2v) is 7.07. The fourth-order valence-electron chi connectivity index (χ4n) is 1.19. The van der Waals surface area contributed by atoms with Crippen molar-refractivity contribution in [3.05, 3.63) is 16.5 Å². The van der Waals surface area contributed by atoms with Gasteiger partial charge in [-0.1, -0.05) is 11.6 Å². The summed E-state index contributed by atoms with van der Waals surface area (Å²) < 4.78 is 31.2. The molecule has 0 saturated carbocycles. The topological polar surface area (TPSA) is 72.5 Å². The van der Waals surface area contributed by atoms with Gasteiger partial charge in [-0.15, -0.1) is 11.3 Å². The van der Waals surface area contributed by atoms with E-state index in [-0.39, 0.29) is 23.1 Å². The largest absolute Gasteiger partial charge is 0.466 e. The minimum atomic E-state index is -3.52. The SMILES string of the molecule is CCOC(=O)CCCNS(=O)(=O)c1ccc(Cl)s1. The number of carbonyl (C=O) groups excluding carboxylic acids is 1. The van der Waals surface area contributed by atoms with Gasteiger partial charge in [0.05, 0.1) is 10.9 Å². The molecule has 0 aliphatic heterocycles. The van der Waals surface area contributed by atoms with Crippen LogP contribution in [-0.4, -0.2) is 27.5 Å². The first kappa shape index (κ1) is 15.4. The third kappa shape index (κ3) is 4.93. The van der Waals surface area contributed by atoms with E-state index < -0.39 is 10.0 Å². The van der Waals surface area contributed by atoms with Gasteiger partial charge in [0.15, 0.2) is 0 Å². The van der Waals surface area contributed by atoms with Crippen molar-refractivity contribution in [2.24, 2.45) is 0 Å². The van der Waals surface area contributed by atoms with Crippen molar-refractivity contribution in [1.82, 2.24) is 4.72 Å². The third-order valence-corrected chi connectivity index (χ3v) is 5.15. The van der Waals surface area contributed by atoms with Gasteiger partial charge in [0.25, 0.3) is 0 Å². The fourth-order valence-corrected chi connectivity index (χ4v) is 3.79. The Morgan fingerprint density at radius 1 is 1.50 bits per heavy atom. The first-order valence-electron chi connectivity index (χ1n) is 5.36. The van der Waals surface area contributed by atoms with Gasteiger partial charge < -0.3 is 4.74 Å². The molecule has 0 unspecified atom stereocenters. The van der Waals surface area contributed by atoms with Crippen molar-refractivity contribution >= 4 is 38.9 Å². The molecule has 1 N–H and O–H groups in total. The maximum Gasteiger partial charge on any atom is 0.305 e. The molecule has 0 bridgehead atoms. The Bertz CT molecular complexity index is 498. The van der Waals surface area contributed by atoms with Gasteiger partial charge in [0.2, 0.25) is 10.0 Å². The summed E-state index contributed by atoms with van der Waals surface area (Å²) in [6, 6.07) is 2.97. The average molecular weight is 312 g/mol. The van der Waals surface area contributed by atoms with E-state index in [1.54, 1.807) is 6.92 Å². The molecule has 0 radical (unpaired) electrons. The van der Waals surface area contributed by atoms with Gasteiger partial charge in [0, 0.05) is 13.0 Å². The highest BCUT2D eigenvalue weighted by Gasteiger charge is 2.15. The molecule has 5 nitrogen and oxygen atoms in total. The molecule has 1 aromatic heterocycles. The van der Waals surface area contributed by atoms with Crippen LogP contribution in [0.2, 0.25) is 4.34 Å². The maximum absolute atomic E-state index is 11.7. The quantitative estimate of drug-likeness (QED) is 0.617. The third-order valence-electron chi connectivity index (χ3n) is 1.97. The number of hydrogen-bond acceptors (Lipinski definition) is 5. The molecule has 0 aliphatic rings. The van der Waals surface area contributed by atoms with Crippen molar-refractivity contribution in [2.75, 3.05) is 13.2 Å². The monoisotopic (exact) mass is 311 g/mol. The number of rotatable bonds is 7. The van der Waals surface area contributed by atoms with Crippen molar-refractivity contribution in [3.8, 4) is 0 Å². The number of thiophene rings is 1. The van der Waals surface area contributed by atoms with Gasteiger partial charge in [-0.2, -0.15) is 0 Å². The minimum Gasteiger partial charge on any atom is -0.466 e. The molecule has 0 amide bonds. The molecule has 1 aromatic rings. The van der Waals surface area contributed by atoms with E-state index in [9.17, 15) is 13.2 Å². The molecule has 0 aliphatic carbocycles. The molecule has 0 saturated heterocycles. The lowest BCUT2D eigenvalue weighted by molar-refractivity contribution is -0.143. The molecular formula is C10H14ClNO4S2. The lowest BCUT2D eigenvalue weighted by Crippen LogP contribution is -2.24. The zero-order chi connectivity index (χ0) is 13.6. The number of halogens is 1. The smallest absolute Gasteiger partial charge is 0.305 e. The van der Waals surface area contributed by atoms with Gasteiger partial charge >= 0.3 is 5.97 Å². The van der Waals surface area contributed by atoms with E-state index in [2.05, 4.69) is 4.72 Å². The zero-order valence-corrected chi connectivity index (χ0v) is 12.2. The first-order chi connectivity index (χ1) is 8.45. The highest BCUT2D eigenvalue weighted by molar-refractivity contribution is 7.91. The summed E-state index contributed by atoms with van der Waals surface area (Å²) in [4.78, 5) is 11.0. The lowest BCUT2D eigenvalue weighted by atomic mass is 10.3. The van der Waals surface area contributed by atoms with Crippen molar-refractivity contribution in [3.63, 3.8) is 0 Å². The van der Waals surface area contributed by atoms with Crippen LogP contribution < -0.4 is 4.72 Å². The second kappa shape index (κ2) is 7.08. The van der Waals surface area contributed by atoms with Gasteiger partial charge in [0.1, 0.15) is 4.21 Å². The minimum absolute atomic E-state index is 0.170. The summed E-state index contributed by atoms with van der Waals surface area (Å²) in [5, 5.41) is 0. The molecule has 0 atom stereocenters. The predicted octanol–water partition coefficient (Wildman–Crippen LogP) is 2.02. The van der Waals surface area contributed by atoms with E-state index in [0.717, 1.165) is 11.3 Å². The van der Waals surface area contributed by atoms with Crippen molar-refractivity contribution < 1.29 is 17.9 Å². The van der Waals surface area contributed by atoms with Crippen LogP contribution in [0, 0.1) is 0 Å². The van der Waals surface area contributed by atoms with Gasteiger partial charge in [-0.05, 0) is 25.5 Å². The molecule has 0 aromatic carbocycles.